The van der Waals surface area contributed by atoms with E-state index in [1.54, 1.807) is 17.0 Å². The van der Waals surface area contributed by atoms with Crippen molar-refractivity contribution in [1.29, 1.82) is 0 Å². The average molecular weight is 421 g/mol. The van der Waals surface area contributed by atoms with Crippen LogP contribution in [0.4, 0.5) is 17.1 Å². The molecule has 0 saturated carbocycles. The van der Waals surface area contributed by atoms with Crippen molar-refractivity contribution in [1.82, 2.24) is 0 Å². The fraction of sp³-hybridized carbons (Fsp3) is 0.417. The summed E-state index contributed by atoms with van der Waals surface area (Å²) in [5, 5.41) is 3.10. The lowest BCUT2D eigenvalue weighted by Crippen LogP contribution is -2.29. The van der Waals surface area contributed by atoms with Crippen LogP contribution in [0.2, 0.25) is 0 Å². The van der Waals surface area contributed by atoms with E-state index in [4.69, 9.17) is 9.47 Å². The molecule has 5 rings (SSSR count). The van der Waals surface area contributed by atoms with Crippen LogP contribution in [0.25, 0.3) is 0 Å². The Bertz CT molecular complexity index is 985. The molecule has 3 aliphatic heterocycles. The van der Waals surface area contributed by atoms with Crippen LogP contribution in [0.5, 0.6) is 11.5 Å². The molecule has 0 spiro atoms. The number of fused-ring (bicyclic) bond motifs is 1. The molecule has 162 valence electrons. The van der Waals surface area contributed by atoms with E-state index < -0.39 is 5.92 Å². The highest BCUT2D eigenvalue weighted by Gasteiger charge is 2.36. The van der Waals surface area contributed by atoms with E-state index in [0.717, 1.165) is 30.2 Å². The fourth-order valence-corrected chi connectivity index (χ4v) is 4.59. The third-order valence-corrected chi connectivity index (χ3v) is 6.27. The first kappa shape index (κ1) is 19.7. The first-order valence-corrected chi connectivity index (χ1v) is 11.0. The Morgan fingerprint density at radius 3 is 2.58 bits per heavy atom. The zero-order chi connectivity index (χ0) is 21.2. The molecule has 0 bridgehead atoms. The molecule has 0 unspecified atom stereocenters. The first-order valence-electron chi connectivity index (χ1n) is 11.0. The highest BCUT2D eigenvalue weighted by molar-refractivity contribution is 6.04. The summed E-state index contributed by atoms with van der Waals surface area (Å²) in [4.78, 5) is 29.8. The molecule has 3 aliphatic rings. The van der Waals surface area contributed by atoms with Gasteiger partial charge in [-0.1, -0.05) is 25.0 Å². The summed E-state index contributed by atoms with van der Waals surface area (Å²) in [6.07, 6.45) is 5.05. The van der Waals surface area contributed by atoms with Crippen molar-refractivity contribution in [3.05, 3.63) is 42.5 Å². The molecule has 7 heteroatoms. The molecule has 1 N–H and O–H groups in total. The minimum Gasteiger partial charge on any atom is -0.454 e. The Kier molecular flexibility index (Phi) is 5.40. The Balaban J connectivity index is 1.29. The van der Waals surface area contributed by atoms with Gasteiger partial charge in [0.2, 0.25) is 18.6 Å². The Hall–Kier alpha value is -3.22. The molecule has 2 amide bonds. The number of nitrogens with zero attached hydrogens (tertiary/aromatic N) is 2. The molecule has 3 heterocycles. The predicted octanol–water partition coefficient (Wildman–Crippen LogP) is 3.79. The Labute approximate surface area is 181 Å². The molecular formula is C24H27N3O4. The van der Waals surface area contributed by atoms with Crippen LogP contribution in [0, 0.1) is 5.92 Å². The topological polar surface area (TPSA) is 71.1 Å². The van der Waals surface area contributed by atoms with Crippen molar-refractivity contribution in [3.8, 4) is 11.5 Å². The second kappa shape index (κ2) is 8.49. The molecule has 1 atom stereocenters. The van der Waals surface area contributed by atoms with Gasteiger partial charge in [0.15, 0.2) is 11.5 Å². The van der Waals surface area contributed by atoms with E-state index >= 15 is 0 Å². The smallest absolute Gasteiger partial charge is 0.231 e. The third-order valence-electron chi connectivity index (χ3n) is 6.27. The maximum absolute atomic E-state index is 13.1. The number of carbonyl (C=O) groups excluding carboxylic acids is 2. The third kappa shape index (κ3) is 4.04. The first-order chi connectivity index (χ1) is 15.2. The zero-order valence-corrected chi connectivity index (χ0v) is 17.5. The Morgan fingerprint density at radius 2 is 1.74 bits per heavy atom. The van der Waals surface area contributed by atoms with Crippen LogP contribution in [0.3, 0.4) is 0 Å². The van der Waals surface area contributed by atoms with Gasteiger partial charge >= 0.3 is 0 Å². The number of para-hydroxylation sites is 2. The normalized spacial score (nSPS) is 20.6. The molecule has 2 aromatic rings. The van der Waals surface area contributed by atoms with Gasteiger partial charge in [0.25, 0.3) is 0 Å². The molecule has 2 fully saturated rings. The summed E-state index contributed by atoms with van der Waals surface area (Å²) in [7, 11) is 0. The van der Waals surface area contributed by atoms with E-state index in [1.807, 2.05) is 24.3 Å². The van der Waals surface area contributed by atoms with Gasteiger partial charge in [-0.05, 0) is 37.1 Å². The molecule has 2 saturated heterocycles. The molecule has 0 aliphatic carbocycles. The van der Waals surface area contributed by atoms with Crippen molar-refractivity contribution in [3.63, 3.8) is 0 Å². The van der Waals surface area contributed by atoms with Crippen LogP contribution in [-0.2, 0) is 9.59 Å². The summed E-state index contributed by atoms with van der Waals surface area (Å²) < 4.78 is 10.8. The van der Waals surface area contributed by atoms with E-state index in [2.05, 4.69) is 16.3 Å². The minimum absolute atomic E-state index is 0.0557. The summed E-state index contributed by atoms with van der Waals surface area (Å²) >= 11 is 0. The fourth-order valence-electron chi connectivity index (χ4n) is 4.59. The minimum atomic E-state index is -0.393. The van der Waals surface area contributed by atoms with Crippen LogP contribution in [-0.4, -0.2) is 38.2 Å². The van der Waals surface area contributed by atoms with Gasteiger partial charge in [0.05, 0.1) is 17.3 Å². The zero-order valence-electron chi connectivity index (χ0n) is 17.5. The molecular weight excluding hydrogens is 394 g/mol. The predicted molar refractivity (Wildman–Crippen MR) is 119 cm³/mol. The monoisotopic (exact) mass is 421 g/mol. The second-order valence-electron chi connectivity index (χ2n) is 8.35. The van der Waals surface area contributed by atoms with Gasteiger partial charge in [-0.3, -0.25) is 9.59 Å². The number of rotatable bonds is 4. The summed E-state index contributed by atoms with van der Waals surface area (Å²) in [5.74, 6) is 0.744. The van der Waals surface area contributed by atoms with Gasteiger partial charge < -0.3 is 24.6 Å². The molecule has 2 aromatic carbocycles. The van der Waals surface area contributed by atoms with Crippen molar-refractivity contribution >= 4 is 28.9 Å². The van der Waals surface area contributed by atoms with Crippen LogP contribution >= 0.6 is 0 Å². The summed E-state index contributed by atoms with van der Waals surface area (Å²) in [6, 6.07) is 13.4. The number of anilines is 3. The van der Waals surface area contributed by atoms with Crippen molar-refractivity contribution < 1.29 is 19.1 Å². The molecule has 31 heavy (non-hydrogen) atoms. The number of benzene rings is 2. The average Bonchev–Trinajstić information content (AvgIpc) is 3.31. The molecule has 0 aromatic heterocycles. The Morgan fingerprint density at radius 1 is 0.968 bits per heavy atom. The van der Waals surface area contributed by atoms with Gasteiger partial charge in [0, 0.05) is 37.8 Å². The van der Waals surface area contributed by atoms with Crippen molar-refractivity contribution in [2.75, 3.05) is 41.5 Å². The number of hydrogen-bond donors (Lipinski definition) is 1. The summed E-state index contributed by atoms with van der Waals surface area (Å²) in [5.41, 5.74) is 2.62. The van der Waals surface area contributed by atoms with Crippen molar-refractivity contribution in [2.24, 2.45) is 5.92 Å². The quantitative estimate of drug-likeness (QED) is 0.813. The standard InChI is InChI=1S/C24H27N3O4/c28-23-13-17(15-27(23)18-9-10-21-22(14-18)31-16-30-21)24(29)25-19-7-3-4-8-20(19)26-11-5-1-2-6-12-26/h3-4,7-10,14,17H,1-2,5-6,11-13,15-16H2,(H,25,29)/t17-/m0/s1. The lowest BCUT2D eigenvalue weighted by atomic mass is 10.1. The largest absolute Gasteiger partial charge is 0.454 e. The van der Waals surface area contributed by atoms with E-state index in [9.17, 15) is 9.59 Å². The van der Waals surface area contributed by atoms with Crippen LogP contribution in [0.1, 0.15) is 32.1 Å². The van der Waals surface area contributed by atoms with Crippen LogP contribution in [0.15, 0.2) is 42.5 Å². The SMILES string of the molecule is O=C(Nc1ccccc1N1CCCCCC1)[C@H]1CC(=O)N(c2ccc3c(c2)OCO3)C1. The number of ether oxygens (including phenoxy) is 2. The molecule has 7 nitrogen and oxygen atoms in total. The lowest BCUT2D eigenvalue weighted by Gasteiger charge is -2.26. The lowest BCUT2D eigenvalue weighted by molar-refractivity contribution is -0.122. The van der Waals surface area contributed by atoms with E-state index in [0.29, 0.717) is 18.0 Å². The van der Waals surface area contributed by atoms with Gasteiger partial charge in [-0.2, -0.15) is 0 Å². The maximum Gasteiger partial charge on any atom is 0.231 e. The number of amides is 2. The van der Waals surface area contributed by atoms with Crippen molar-refractivity contribution in [2.45, 2.75) is 32.1 Å². The van der Waals surface area contributed by atoms with Gasteiger partial charge in [-0.15, -0.1) is 0 Å². The number of nitrogens with one attached hydrogen (secondary N) is 1. The molecule has 0 radical (unpaired) electrons. The highest BCUT2D eigenvalue weighted by atomic mass is 16.7. The van der Waals surface area contributed by atoms with Gasteiger partial charge in [0.1, 0.15) is 0 Å². The number of carbonyl (C=O) groups is 2. The maximum atomic E-state index is 13.1. The van der Waals surface area contributed by atoms with Gasteiger partial charge in [-0.25, -0.2) is 0 Å². The van der Waals surface area contributed by atoms with E-state index in [1.165, 1.54) is 25.7 Å². The summed E-state index contributed by atoms with van der Waals surface area (Å²) in [6.45, 7) is 2.56. The highest BCUT2D eigenvalue weighted by Crippen LogP contribution is 2.37. The van der Waals surface area contributed by atoms with E-state index in [-0.39, 0.29) is 25.0 Å². The van der Waals surface area contributed by atoms with Crippen LogP contribution < -0.4 is 24.6 Å². The second-order valence-corrected chi connectivity index (χ2v) is 8.35. The number of hydrogen-bond acceptors (Lipinski definition) is 5.